The molecule has 0 bridgehead atoms. The van der Waals surface area contributed by atoms with Crippen molar-refractivity contribution in [2.75, 3.05) is 19.3 Å². The molecule has 0 aliphatic rings. The van der Waals surface area contributed by atoms with Crippen LogP contribution in [-0.2, 0) is 6.54 Å². The average Bonchev–Trinajstić information content (AvgIpc) is 2.89. The first-order valence-electron chi connectivity index (χ1n) is 7.74. The predicted molar refractivity (Wildman–Crippen MR) is 96.0 cm³/mol. The largest absolute Gasteiger partial charge is 0.444 e. The van der Waals surface area contributed by atoms with Crippen LogP contribution in [0.3, 0.4) is 0 Å². The van der Waals surface area contributed by atoms with Crippen LogP contribution in [0, 0.1) is 13.8 Å². The van der Waals surface area contributed by atoms with Crippen molar-refractivity contribution in [3.05, 3.63) is 47.7 Å². The number of aliphatic imine (C=N–C) groups is 1. The monoisotopic (exact) mass is 332 g/mol. The summed E-state index contributed by atoms with van der Waals surface area (Å²) < 4.78 is 5.54. The molecule has 23 heavy (non-hydrogen) atoms. The quantitative estimate of drug-likeness (QED) is 0.353. The molecule has 124 valence electrons. The van der Waals surface area contributed by atoms with Crippen molar-refractivity contribution in [3.63, 3.8) is 0 Å². The molecule has 0 spiro atoms. The van der Waals surface area contributed by atoms with E-state index in [1.165, 1.54) is 4.90 Å². The van der Waals surface area contributed by atoms with Gasteiger partial charge in [0.25, 0.3) is 0 Å². The predicted octanol–water partition coefficient (Wildman–Crippen LogP) is 3.14. The highest BCUT2D eigenvalue weighted by atomic mass is 32.2. The molecular weight excluding hydrogens is 308 g/mol. The van der Waals surface area contributed by atoms with Crippen LogP contribution >= 0.6 is 11.8 Å². The van der Waals surface area contributed by atoms with Crippen LogP contribution in [0.1, 0.15) is 23.8 Å². The molecule has 1 heterocycles. The molecule has 0 aliphatic carbocycles. The molecule has 0 radical (unpaired) electrons. The van der Waals surface area contributed by atoms with Gasteiger partial charge in [0.2, 0.25) is 5.89 Å². The van der Waals surface area contributed by atoms with Gasteiger partial charge in [0.05, 0.1) is 12.2 Å². The standard InChI is InChI=1S/C17H24N4OS/c1-13-14(2)22-16(21-13)12-20-17(18-3)19-10-7-11-23-15-8-5-4-6-9-15/h4-6,8-9H,7,10-12H2,1-3H3,(H2,18,19,20). The lowest BCUT2D eigenvalue weighted by Crippen LogP contribution is -2.37. The van der Waals surface area contributed by atoms with Gasteiger partial charge >= 0.3 is 0 Å². The van der Waals surface area contributed by atoms with E-state index in [0.717, 1.165) is 36.1 Å². The Bertz CT molecular complexity index is 605. The summed E-state index contributed by atoms with van der Waals surface area (Å²) in [5.74, 6) is 3.39. The van der Waals surface area contributed by atoms with E-state index < -0.39 is 0 Å². The van der Waals surface area contributed by atoms with E-state index in [2.05, 4.69) is 44.9 Å². The lowest BCUT2D eigenvalue weighted by molar-refractivity contribution is 0.463. The molecule has 2 rings (SSSR count). The van der Waals surface area contributed by atoms with Gasteiger partial charge in [0, 0.05) is 18.5 Å². The third-order valence-electron chi connectivity index (χ3n) is 3.33. The van der Waals surface area contributed by atoms with Gasteiger partial charge in [0.1, 0.15) is 5.76 Å². The fraction of sp³-hybridized carbons (Fsp3) is 0.412. The zero-order valence-electron chi connectivity index (χ0n) is 13.9. The molecule has 0 saturated heterocycles. The second kappa shape index (κ2) is 9.25. The van der Waals surface area contributed by atoms with Crippen LogP contribution in [-0.4, -0.2) is 30.3 Å². The Morgan fingerprint density at radius 3 is 2.65 bits per heavy atom. The summed E-state index contributed by atoms with van der Waals surface area (Å²) in [6.45, 7) is 5.28. The number of nitrogens with one attached hydrogen (secondary N) is 2. The number of thioether (sulfide) groups is 1. The minimum Gasteiger partial charge on any atom is -0.444 e. The van der Waals surface area contributed by atoms with Crippen molar-refractivity contribution in [2.45, 2.75) is 31.7 Å². The van der Waals surface area contributed by atoms with Crippen molar-refractivity contribution >= 4 is 17.7 Å². The lowest BCUT2D eigenvalue weighted by atomic mass is 10.4. The van der Waals surface area contributed by atoms with Gasteiger partial charge in [-0.2, -0.15) is 0 Å². The SMILES string of the molecule is CN=C(NCCCSc1ccccc1)NCc1nc(C)c(C)o1. The summed E-state index contributed by atoms with van der Waals surface area (Å²) in [7, 11) is 1.76. The van der Waals surface area contributed by atoms with Crippen LogP contribution in [0.25, 0.3) is 0 Å². The number of rotatable bonds is 7. The first kappa shape index (κ1) is 17.4. The average molecular weight is 332 g/mol. The Labute approximate surface area is 142 Å². The van der Waals surface area contributed by atoms with Crippen molar-refractivity contribution < 1.29 is 4.42 Å². The van der Waals surface area contributed by atoms with Gasteiger partial charge in [0.15, 0.2) is 5.96 Å². The molecule has 5 nitrogen and oxygen atoms in total. The fourth-order valence-electron chi connectivity index (χ4n) is 1.98. The Morgan fingerprint density at radius 1 is 1.22 bits per heavy atom. The van der Waals surface area contributed by atoms with E-state index in [1.54, 1.807) is 7.05 Å². The van der Waals surface area contributed by atoms with E-state index in [0.29, 0.717) is 12.4 Å². The number of hydrogen-bond donors (Lipinski definition) is 2. The van der Waals surface area contributed by atoms with Crippen LogP contribution in [0.15, 0.2) is 44.6 Å². The highest BCUT2D eigenvalue weighted by molar-refractivity contribution is 7.99. The number of guanidine groups is 1. The topological polar surface area (TPSA) is 62.5 Å². The Balaban J connectivity index is 1.63. The number of aromatic nitrogens is 1. The van der Waals surface area contributed by atoms with Crippen molar-refractivity contribution in [1.29, 1.82) is 0 Å². The second-order valence-electron chi connectivity index (χ2n) is 5.12. The summed E-state index contributed by atoms with van der Waals surface area (Å²) >= 11 is 1.87. The van der Waals surface area contributed by atoms with Crippen molar-refractivity contribution in [2.24, 2.45) is 4.99 Å². The van der Waals surface area contributed by atoms with Gasteiger partial charge in [-0.05, 0) is 38.2 Å². The molecule has 0 aliphatic heterocycles. The summed E-state index contributed by atoms with van der Waals surface area (Å²) in [5, 5.41) is 6.51. The van der Waals surface area contributed by atoms with E-state index in [1.807, 2.05) is 31.7 Å². The van der Waals surface area contributed by atoms with E-state index in [4.69, 9.17) is 4.42 Å². The summed E-state index contributed by atoms with van der Waals surface area (Å²) in [6, 6.07) is 10.5. The molecular formula is C17H24N4OS. The Kier molecular flexibility index (Phi) is 7.00. The molecule has 2 aromatic rings. The number of oxazole rings is 1. The van der Waals surface area contributed by atoms with E-state index >= 15 is 0 Å². The van der Waals surface area contributed by atoms with Crippen LogP contribution in [0.2, 0.25) is 0 Å². The highest BCUT2D eigenvalue weighted by Gasteiger charge is 2.06. The van der Waals surface area contributed by atoms with Crippen molar-refractivity contribution in [3.8, 4) is 0 Å². The molecule has 0 unspecified atom stereocenters. The second-order valence-corrected chi connectivity index (χ2v) is 6.29. The van der Waals surface area contributed by atoms with Crippen LogP contribution < -0.4 is 10.6 Å². The minimum absolute atomic E-state index is 0.535. The normalized spacial score (nSPS) is 11.5. The van der Waals surface area contributed by atoms with Gasteiger partial charge < -0.3 is 15.1 Å². The minimum atomic E-state index is 0.535. The molecule has 0 saturated carbocycles. The molecule has 6 heteroatoms. The number of benzene rings is 1. The Hall–Kier alpha value is -1.95. The molecule has 0 atom stereocenters. The summed E-state index contributed by atoms with van der Waals surface area (Å²) in [5.41, 5.74) is 0.933. The van der Waals surface area contributed by atoms with Crippen molar-refractivity contribution in [1.82, 2.24) is 15.6 Å². The number of nitrogens with zero attached hydrogens (tertiary/aromatic N) is 2. The third kappa shape index (κ3) is 5.98. The molecule has 1 aromatic carbocycles. The lowest BCUT2D eigenvalue weighted by Gasteiger charge is -2.10. The first-order chi connectivity index (χ1) is 11.2. The van der Waals surface area contributed by atoms with Gasteiger partial charge in [-0.15, -0.1) is 11.8 Å². The van der Waals surface area contributed by atoms with E-state index in [9.17, 15) is 0 Å². The van der Waals surface area contributed by atoms with Gasteiger partial charge in [-0.25, -0.2) is 4.98 Å². The molecule has 0 fully saturated rings. The summed E-state index contributed by atoms with van der Waals surface area (Å²) in [6.07, 6.45) is 1.07. The molecule has 0 amide bonds. The maximum atomic E-state index is 5.54. The number of hydrogen-bond acceptors (Lipinski definition) is 4. The fourth-order valence-corrected chi connectivity index (χ4v) is 2.85. The maximum absolute atomic E-state index is 5.54. The number of aryl methyl sites for hydroxylation is 2. The molecule has 1 aromatic heterocycles. The zero-order valence-corrected chi connectivity index (χ0v) is 14.7. The first-order valence-corrected chi connectivity index (χ1v) is 8.73. The maximum Gasteiger partial charge on any atom is 0.214 e. The van der Waals surface area contributed by atoms with Crippen LogP contribution in [0.4, 0.5) is 0 Å². The Morgan fingerprint density at radius 2 is 2.00 bits per heavy atom. The summed E-state index contributed by atoms with van der Waals surface area (Å²) in [4.78, 5) is 9.86. The zero-order chi connectivity index (χ0) is 16.5. The van der Waals surface area contributed by atoms with E-state index in [-0.39, 0.29) is 0 Å². The highest BCUT2D eigenvalue weighted by Crippen LogP contribution is 2.17. The van der Waals surface area contributed by atoms with Gasteiger partial charge in [-0.1, -0.05) is 18.2 Å². The smallest absolute Gasteiger partial charge is 0.214 e. The van der Waals surface area contributed by atoms with Crippen LogP contribution in [0.5, 0.6) is 0 Å². The van der Waals surface area contributed by atoms with Gasteiger partial charge in [-0.3, -0.25) is 4.99 Å². The third-order valence-corrected chi connectivity index (χ3v) is 4.43. The molecule has 2 N–H and O–H groups in total.